The van der Waals surface area contributed by atoms with E-state index in [1.54, 1.807) is 0 Å². The van der Waals surface area contributed by atoms with Gasteiger partial charge in [0.05, 0.1) is 25.4 Å². The molecule has 0 fully saturated rings. The molecule has 0 aliphatic heterocycles. The van der Waals surface area contributed by atoms with Crippen molar-refractivity contribution in [3.8, 4) is 0 Å². The van der Waals surface area contributed by atoms with Crippen LogP contribution in [0.15, 0.2) is 24.3 Å². The zero-order chi connectivity index (χ0) is 53.6. The molecule has 2 unspecified atom stereocenters. The highest BCUT2D eigenvalue weighted by Crippen LogP contribution is 2.18. The highest BCUT2D eigenvalue weighted by molar-refractivity contribution is 5.76. The summed E-state index contributed by atoms with van der Waals surface area (Å²) in [5.41, 5.74) is 0. The Morgan fingerprint density at radius 3 is 1.00 bits per heavy atom. The maximum absolute atomic E-state index is 12.5. The van der Waals surface area contributed by atoms with Gasteiger partial charge in [0.1, 0.15) is 0 Å². The molecule has 1 amide bonds. The van der Waals surface area contributed by atoms with Crippen molar-refractivity contribution in [2.75, 3.05) is 13.2 Å². The average molecular weight is 1040 g/mol. The molecule has 0 bridgehead atoms. The summed E-state index contributed by atoms with van der Waals surface area (Å²) in [4.78, 5) is 24.5. The third kappa shape index (κ3) is 59.6. The maximum atomic E-state index is 12.5. The van der Waals surface area contributed by atoms with E-state index in [2.05, 4.69) is 43.5 Å². The molecule has 6 nitrogen and oxygen atoms in total. The second-order valence-corrected chi connectivity index (χ2v) is 23.1. The van der Waals surface area contributed by atoms with Crippen molar-refractivity contribution < 1.29 is 24.5 Å². The van der Waals surface area contributed by atoms with Crippen LogP contribution in [0.4, 0.5) is 0 Å². The van der Waals surface area contributed by atoms with Crippen molar-refractivity contribution in [1.82, 2.24) is 5.32 Å². The van der Waals surface area contributed by atoms with Crippen LogP contribution in [-0.2, 0) is 14.3 Å². The summed E-state index contributed by atoms with van der Waals surface area (Å²) in [6.07, 6.45) is 79.2. The number of aliphatic hydroxyl groups is 2. The number of allylic oxidation sites excluding steroid dienone is 4. The number of esters is 1. The van der Waals surface area contributed by atoms with Gasteiger partial charge in [0.25, 0.3) is 0 Å². The molecule has 0 heterocycles. The summed E-state index contributed by atoms with van der Waals surface area (Å²) >= 11 is 0. The Kier molecular flexibility index (Phi) is 62.4. The molecule has 0 aromatic rings. The molecule has 0 aliphatic rings. The average Bonchev–Trinajstić information content (AvgIpc) is 3.40. The minimum Gasteiger partial charge on any atom is -0.466 e. The fourth-order valence-corrected chi connectivity index (χ4v) is 10.6. The first-order valence-electron chi connectivity index (χ1n) is 33.6. The van der Waals surface area contributed by atoms with Gasteiger partial charge >= 0.3 is 5.97 Å². The predicted octanol–water partition coefficient (Wildman–Crippen LogP) is 21.4. The summed E-state index contributed by atoms with van der Waals surface area (Å²) in [6, 6.07) is -0.546. The summed E-state index contributed by atoms with van der Waals surface area (Å²) in [6.45, 7) is 4.94. The van der Waals surface area contributed by atoms with Crippen molar-refractivity contribution in [2.45, 2.75) is 386 Å². The first-order chi connectivity index (χ1) is 36.5. The van der Waals surface area contributed by atoms with Crippen LogP contribution in [0.5, 0.6) is 0 Å². The molecule has 0 saturated carbocycles. The van der Waals surface area contributed by atoms with Crippen LogP contribution in [0, 0.1) is 0 Å². The number of carbonyl (C=O) groups excluding carboxylic acids is 2. The molecule has 74 heavy (non-hydrogen) atoms. The second kappa shape index (κ2) is 63.9. The van der Waals surface area contributed by atoms with E-state index in [1.807, 2.05) is 0 Å². The third-order valence-corrected chi connectivity index (χ3v) is 15.7. The molecular formula is C68H131NO5. The van der Waals surface area contributed by atoms with E-state index in [0.29, 0.717) is 25.9 Å². The minimum atomic E-state index is -0.668. The second-order valence-electron chi connectivity index (χ2n) is 23.1. The number of aliphatic hydroxyl groups excluding tert-OH is 2. The number of hydrogen-bond acceptors (Lipinski definition) is 5. The molecule has 0 aliphatic carbocycles. The van der Waals surface area contributed by atoms with Crippen LogP contribution in [0.2, 0.25) is 0 Å². The summed E-state index contributed by atoms with van der Waals surface area (Å²) in [5, 5.41) is 23.4. The van der Waals surface area contributed by atoms with Crippen LogP contribution < -0.4 is 5.32 Å². The Morgan fingerprint density at radius 2 is 0.649 bits per heavy atom. The van der Waals surface area contributed by atoms with Crippen molar-refractivity contribution in [3.63, 3.8) is 0 Å². The molecule has 0 spiro atoms. The molecule has 3 N–H and O–H groups in total. The van der Waals surface area contributed by atoms with Gasteiger partial charge in [0, 0.05) is 12.8 Å². The van der Waals surface area contributed by atoms with E-state index >= 15 is 0 Å². The number of amides is 1. The van der Waals surface area contributed by atoms with Crippen molar-refractivity contribution in [3.05, 3.63) is 24.3 Å². The minimum absolute atomic E-state index is 0.00202. The standard InChI is InChI=1S/C68H131NO5/c1-3-5-7-9-11-13-15-16-17-18-19-20-25-28-31-34-37-41-44-48-52-56-60-66(71)65(64-70)69-67(72)61-57-53-49-45-42-38-35-32-29-26-23-21-22-24-27-30-33-36-39-43-47-51-55-59-63-74-68(73)62-58-54-50-46-40-14-12-10-8-6-4-2/h10,12,23,26,65-66,70-71H,3-9,11,13-22,24-25,27-64H2,1-2H3,(H,69,72)/b12-10-,26-23-. The molecule has 2 atom stereocenters. The number of unbranched alkanes of at least 4 members (excludes halogenated alkanes) is 48. The largest absolute Gasteiger partial charge is 0.466 e. The van der Waals surface area contributed by atoms with Gasteiger partial charge < -0.3 is 20.3 Å². The lowest BCUT2D eigenvalue weighted by Crippen LogP contribution is -2.45. The molecule has 0 aromatic heterocycles. The maximum Gasteiger partial charge on any atom is 0.305 e. The fourth-order valence-electron chi connectivity index (χ4n) is 10.6. The normalized spacial score (nSPS) is 12.6. The van der Waals surface area contributed by atoms with Crippen molar-refractivity contribution in [2.24, 2.45) is 0 Å². The first kappa shape index (κ1) is 72.3. The third-order valence-electron chi connectivity index (χ3n) is 15.7. The van der Waals surface area contributed by atoms with E-state index in [9.17, 15) is 19.8 Å². The molecular weight excluding hydrogens is 911 g/mol. The monoisotopic (exact) mass is 1040 g/mol. The summed E-state index contributed by atoms with van der Waals surface area (Å²) in [5.74, 6) is -0.0335. The Labute approximate surface area is 462 Å². The lowest BCUT2D eigenvalue weighted by Gasteiger charge is -2.22. The van der Waals surface area contributed by atoms with Crippen LogP contribution >= 0.6 is 0 Å². The molecule has 6 heteroatoms. The van der Waals surface area contributed by atoms with Crippen LogP contribution in [0.1, 0.15) is 373 Å². The Balaban J connectivity index is 3.41. The molecule has 438 valence electrons. The van der Waals surface area contributed by atoms with Gasteiger partial charge in [0.2, 0.25) is 5.91 Å². The fraction of sp³-hybridized carbons (Fsp3) is 0.912. The van der Waals surface area contributed by atoms with E-state index in [-0.39, 0.29) is 18.5 Å². The van der Waals surface area contributed by atoms with Gasteiger partial charge in [-0.25, -0.2) is 0 Å². The topological polar surface area (TPSA) is 95.9 Å². The van der Waals surface area contributed by atoms with Crippen molar-refractivity contribution in [1.29, 1.82) is 0 Å². The molecule has 0 rings (SSSR count). The van der Waals surface area contributed by atoms with Gasteiger partial charge in [-0.05, 0) is 70.6 Å². The number of rotatable bonds is 63. The lowest BCUT2D eigenvalue weighted by atomic mass is 10.0. The Hall–Kier alpha value is -1.66. The quantitative estimate of drug-likeness (QED) is 0.0320. The van der Waals surface area contributed by atoms with Gasteiger partial charge in [-0.2, -0.15) is 0 Å². The zero-order valence-electron chi connectivity index (χ0n) is 50.1. The van der Waals surface area contributed by atoms with Gasteiger partial charge in [-0.1, -0.05) is 314 Å². The van der Waals surface area contributed by atoms with E-state index < -0.39 is 12.1 Å². The van der Waals surface area contributed by atoms with E-state index in [0.717, 1.165) is 44.9 Å². The van der Waals surface area contributed by atoms with Crippen LogP contribution in [0.3, 0.4) is 0 Å². The van der Waals surface area contributed by atoms with E-state index in [1.165, 1.54) is 295 Å². The highest BCUT2D eigenvalue weighted by atomic mass is 16.5. The Morgan fingerprint density at radius 1 is 0.365 bits per heavy atom. The van der Waals surface area contributed by atoms with E-state index in [4.69, 9.17) is 4.74 Å². The van der Waals surface area contributed by atoms with Crippen LogP contribution in [-0.4, -0.2) is 47.4 Å². The predicted molar refractivity (Wildman–Crippen MR) is 324 cm³/mol. The van der Waals surface area contributed by atoms with Crippen molar-refractivity contribution >= 4 is 11.9 Å². The number of carbonyl (C=O) groups is 2. The van der Waals surface area contributed by atoms with Crippen LogP contribution in [0.25, 0.3) is 0 Å². The molecule has 0 aromatic carbocycles. The number of ether oxygens (including phenoxy) is 1. The van der Waals surface area contributed by atoms with Gasteiger partial charge in [0.15, 0.2) is 0 Å². The summed E-state index contributed by atoms with van der Waals surface area (Å²) < 4.78 is 5.46. The van der Waals surface area contributed by atoms with Gasteiger partial charge in [-0.15, -0.1) is 0 Å². The molecule has 0 saturated heterocycles. The summed E-state index contributed by atoms with van der Waals surface area (Å²) in [7, 11) is 0. The highest BCUT2D eigenvalue weighted by Gasteiger charge is 2.20. The number of nitrogens with one attached hydrogen (secondary N) is 1. The number of hydrogen-bond donors (Lipinski definition) is 3. The lowest BCUT2D eigenvalue weighted by molar-refractivity contribution is -0.143. The van der Waals surface area contributed by atoms with Gasteiger partial charge in [-0.3, -0.25) is 9.59 Å². The smallest absolute Gasteiger partial charge is 0.305 e. The SMILES string of the molecule is CCCC/C=C\CCCCCCCC(=O)OCCCCCCCCCCCCCC/C=C\CCCCCCCCCCC(=O)NC(CO)C(O)CCCCCCCCCCCCCCCCCCCCCCCC. The Bertz CT molecular complexity index is 1150. The molecule has 0 radical (unpaired) electrons. The first-order valence-corrected chi connectivity index (χ1v) is 33.6. The zero-order valence-corrected chi connectivity index (χ0v) is 50.1.